The largest absolute Gasteiger partial charge is 0.481 e. The van der Waals surface area contributed by atoms with Crippen molar-refractivity contribution in [3.8, 4) is 0 Å². The summed E-state index contributed by atoms with van der Waals surface area (Å²) in [6, 6.07) is 2.38. The molecular weight excluding hydrogens is 461 g/mol. The van der Waals surface area contributed by atoms with Crippen molar-refractivity contribution in [3.05, 3.63) is 23.9 Å². The van der Waals surface area contributed by atoms with E-state index in [1.807, 2.05) is 4.90 Å². The second-order valence-electron chi connectivity index (χ2n) is 10.8. The van der Waals surface area contributed by atoms with E-state index < -0.39 is 23.2 Å². The van der Waals surface area contributed by atoms with Crippen molar-refractivity contribution in [3.63, 3.8) is 0 Å². The average Bonchev–Trinajstić information content (AvgIpc) is 3.63. The van der Waals surface area contributed by atoms with E-state index in [0.717, 1.165) is 57.2 Å². The highest BCUT2D eigenvalue weighted by Gasteiger charge is 2.56. The van der Waals surface area contributed by atoms with Crippen molar-refractivity contribution < 1.29 is 27.9 Å². The number of carbonyl (C=O) groups excluding carboxylic acids is 1. The molecular formula is C25H33F3N4O3. The molecule has 4 unspecified atom stereocenters. The number of carboxylic acid groups (broad SMARTS) is 1. The van der Waals surface area contributed by atoms with Crippen molar-refractivity contribution in [2.24, 2.45) is 17.8 Å². The van der Waals surface area contributed by atoms with Gasteiger partial charge in [0, 0.05) is 38.4 Å². The van der Waals surface area contributed by atoms with Gasteiger partial charge < -0.3 is 15.3 Å². The molecule has 3 saturated carbocycles. The first-order valence-electron chi connectivity index (χ1n) is 12.7. The van der Waals surface area contributed by atoms with Gasteiger partial charge in [0.25, 0.3) is 0 Å². The number of nitrogens with one attached hydrogen (secondary N) is 1. The number of alkyl halides is 3. The molecule has 2 heterocycles. The fourth-order valence-corrected chi connectivity index (χ4v) is 6.70. The molecule has 1 amide bonds. The molecule has 4 atom stereocenters. The van der Waals surface area contributed by atoms with Crippen LogP contribution in [0.5, 0.6) is 0 Å². The van der Waals surface area contributed by atoms with Crippen LogP contribution in [0, 0.1) is 17.8 Å². The van der Waals surface area contributed by atoms with Gasteiger partial charge in [-0.15, -0.1) is 0 Å². The van der Waals surface area contributed by atoms with E-state index in [4.69, 9.17) is 0 Å². The minimum atomic E-state index is -4.41. The number of aliphatic carboxylic acids is 1. The summed E-state index contributed by atoms with van der Waals surface area (Å²) in [6.45, 7) is 2.43. The first-order valence-corrected chi connectivity index (χ1v) is 12.7. The molecule has 10 heteroatoms. The summed E-state index contributed by atoms with van der Waals surface area (Å²) in [5, 5.41) is 12.8. The fraction of sp³-hybridized carbons (Fsp3) is 0.720. The Morgan fingerprint density at radius 1 is 1.11 bits per heavy atom. The highest BCUT2D eigenvalue weighted by atomic mass is 19.4. The minimum absolute atomic E-state index is 0.0149. The van der Waals surface area contributed by atoms with Crippen LogP contribution < -0.4 is 10.2 Å². The zero-order valence-corrected chi connectivity index (χ0v) is 19.8. The lowest BCUT2D eigenvalue weighted by molar-refractivity contribution is -0.140. The van der Waals surface area contributed by atoms with Crippen molar-refractivity contribution in [2.75, 3.05) is 31.1 Å². The molecule has 1 aromatic heterocycles. The molecule has 5 rings (SSSR count). The summed E-state index contributed by atoms with van der Waals surface area (Å²) in [5.41, 5.74) is -1.31. The summed E-state index contributed by atoms with van der Waals surface area (Å²) < 4.78 is 38.5. The lowest BCUT2D eigenvalue weighted by atomic mass is 9.64. The summed E-state index contributed by atoms with van der Waals surface area (Å²) >= 11 is 0. The number of pyridine rings is 1. The number of carboxylic acids is 1. The number of halogens is 3. The lowest BCUT2D eigenvalue weighted by Gasteiger charge is -2.46. The van der Waals surface area contributed by atoms with Gasteiger partial charge in [0.1, 0.15) is 11.4 Å². The van der Waals surface area contributed by atoms with Crippen LogP contribution in [0.15, 0.2) is 18.3 Å². The Bertz CT molecular complexity index is 942. The monoisotopic (exact) mass is 494 g/mol. The van der Waals surface area contributed by atoms with E-state index in [1.165, 1.54) is 6.07 Å². The Morgan fingerprint density at radius 2 is 1.86 bits per heavy atom. The van der Waals surface area contributed by atoms with E-state index in [2.05, 4.69) is 15.2 Å². The number of fused-ring (bicyclic) bond motifs is 2. The van der Waals surface area contributed by atoms with Gasteiger partial charge in [-0.1, -0.05) is 12.8 Å². The minimum Gasteiger partial charge on any atom is -0.481 e. The van der Waals surface area contributed by atoms with Gasteiger partial charge in [-0.25, -0.2) is 4.98 Å². The second kappa shape index (κ2) is 9.26. The first-order chi connectivity index (χ1) is 16.7. The van der Waals surface area contributed by atoms with Crippen LogP contribution in [0.2, 0.25) is 0 Å². The molecule has 4 fully saturated rings. The van der Waals surface area contributed by atoms with Crippen LogP contribution in [-0.4, -0.2) is 64.6 Å². The predicted octanol–water partition coefficient (Wildman–Crippen LogP) is 3.54. The smallest absolute Gasteiger partial charge is 0.417 e. The van der Waals surface area contributed by atoms with Gasteiger partial charge in [0.15, 0.2) is 0 Å². The molecule has 0 aromatic carbocycles. The zero-order valence-electron chi connectivity index (χ0n) is 19.8. The Morgan fingerprint density at radius 3 is 2.46 bits per heavy atom. The van der Waals surface area contributed by atoms with Gasteiger partial charge in [-0.05, 0) is 62.0 Å². The molecule has 0 radical (unpaired) electrons. The first kappa shape index (κ1) is 24.3. The maximum Gasteiger partial charge on any atom is 0.417 e. The Hall–Kier alpha value is -2.36. The van der Waals surface area contributed by atoms with Crippen LogP contribution in [0.4, 0.5) is 19.0 Å². The van der Waals surface area contributed by atoms with Gasteiger partial charge in [0.05, 0.1) is 12.0 Å². The standard InChI is InChI=1S/C25H33F3N4O3/c26-25(27,28)19-4-5-20(29-15-19)31-8-10-32(11-9-31)24(6-7-24)23(35)30-22-17-3-1-2-16(12-17)13-18(22)14-21(33)34/h4-5,15-18,22H,1-3,6-14H2,(H,30,35)(H,33,34). The maximum atomic E-state index is 13.5. The van der Waals surface area contributed by atoms with E-state index in [1.54, 1.807) is 0 Å². The van der Waals surface area contributed by atoms with Gasteiger partial charge >= 0.3 is 12.1 Å². The van der Waals surface area contributed by atoms with Crippen LogP contribution >= 0.6 is 0 Å². The second-order valence-corrected chi connectivity index (χ2v) is 10.8. The van der Waals surface area contributed by atoms with Crippen molar-refractivity contribution in [2.45, 2.75) is 69.1 Å². The molecule has 0 spiro atoms. The Labute approximate surface area is 203 Å². The molecule has 2 bridgehead atoms. The summed E-state index contributed by atoms with van der Waals surface area (Å²) in [4.78, 5) is 33.2. The SMILES string of the molecule is O=C(O)CC1CC2CCCC(C2)C1NC(=O)C1(N2CCN(c3ccc(C(F)(F)F)cn3)CC2)CC1. The number of amides is 1. The quantitative estimate of drug-likeness (QED) is 0.629. The van der Waals surface area contributed by atoms with Crippen LogP contribution in [0.25, 0.3) is 0 Å². The number of hydrogen-bond donors (Lipinski definition) is 2. The van der Waals surface area contributed by atoms with E-state index in [-0.39, 0.29) is 24.3 Å². The van der Waals surface area contributed by atoms with Crippen LogP contribution in [0.1, 0.15) is 56.9 Å². The molecule has 4 aliphatic rings. The van der Waals surface area contributed by atoms with Gasteiger partial charge in [-0.2, -0.15) is 13.2 Å². The number of piperazine rings is 1. The van der Waals surface area contributed by atoms with Crippen LogP contribution in [-0.2, 0) is 15.8 Å². The number of rotatable bonds is 6. The van der Waals surface area contributed by atoms with E-state index in [9.17, 15) is 27.9 Å². The topological polar surface area (TPSA) is 85.8 Å². The molecule has 2 N–H and O–H groups in total. The molecule has 1 aromatic rings. The third kappa shape index (κ3) is 4.99. The Balaban J connectivity index is 1.21. The number of carbonyl (C=O) groups is 2. The molecule has 7 nitrogen and oxygen atoms in total. The molecule has 3 aliphatic carbocycles. The summed E-state index contributed by atoms with van der Waals surface area (Å²) in [5.74, 6) is 0.644. The predicted molar refractivity (Wildman–Crippen MR) is 123 cm³/mol. The molecule has 192 valence electrons. The summed E-state index contributed by atoms with van der Waals surface area (Å²) in [7, 11) is 0. The highest BCUT2D eigenvalue weighted by molar-refractivity contribution is 5.89. The number of aromatic nitrogens is 1. The highest BCUT2D eigenvalue weighted by Crippen LogP contribution is 2.46. The number of hydrogen-bond acceptors (Lipinski definition) is 5. The molecule has 1 saturated heterocycles. The average molecular weight is 495 g/mol. The van der Waals surface area contributed by atoms with Crippen LogP contribution in [0.3, 0.4) is 0 Å². The zero-order chi connectivity index (χ0) is 24.8. The lowest BCUT2D eigenvalue weighted by Crippen LogP contribution is -2.60. The molecule has 1 aliphatic heterocycles. The third-order valence-electron chi connectivity index (χ3n) is 8.64. The summed E-state index contributed by atoms with van der Waals surface area (Å²) in [6.07, 6.45) is 3.42. The third-order valence-corrected chi connectivity index (χ3v) is 8.64. The molecule has 35 heavy (non-hydrogen) atoms. The van der Waals surface area contributed by atoms with Crippen molar-refractivity contribution in [1.29, 1.82) is 0 Å². The fourth-order valence-electron chi connectivity index (χ4n) is 6.70. The maximum absolute atomic E-state index is 13.5. The van der Waals surface area contributed by atoms with Crippen molar-refractivity contribution in [1.82, 2.24) is 15.2 Å². The van der Waals surface area contributed by atoms with E-state index in [0.29, 0.717) is 43.8 Å². The number of anilines is 1. The van der Waals surface area contributed by atoms with Gasteiger partial charge in [-0.3, -0.25) is 14.5 Å². The Kier molecular flexibility index (Phi) is 6.44. The van der Waals surface area contributed by atoms with Gasteiger partial charge in [0.2, 0.25) is 5.91 Å². The van der Waals surface area contributed by atoms with Crippen molar-refractivity contribution >= 4 is 17.7 Å². The van der Waals surface area contributed by atoms with E-state index >= 15 is 0 Å². The normalized spacial score (nSPS) is 30.5. The number of nitrogens with zero attached hydrogens (tertiary/aromatic N) is 3.